The summed E-state index contributed by atoms with van der Waals surface area (Å²) in [5.74, 6) is -0.314. The number of hydrazone groups is 1. The fourth-order valence-electron chi connectivity index (χ4n) is 3.92. The summed E-state index contributed by atoms with van der Waals surface area (Å²) in [5.41, 5.74) is 9.08. The standard InChI is InChI=1S/C29H21BrN4O/c30-25-13-15-26(16-14-25)34-27(21-8-3-1-4-9-21)18-24(28(34)22-10-5-2-6-11-22)20-32-33-29(35)23-12-7-17-31-19-23/h1-20H,(H,33,35)/b32-20-. The lowest BCUT2D eigenvalue weighted by atomic mass is 10.1. The van der Waals surface area contributed by atoms with E-state index in [1.165, 1.54) is 6.20 Å². The predicted molar refractivity (Wildman–Crippen MR) is 144 cm³/mol. The summed E-state index contributed by atoms with van der Waals surface area (Å²) in [6, 6.07) is 34.1. The Hall–Kier alpha value is -4.29. The Morgan fingerprint density at radius 3 is 2.20 bits per heavy atom. The van der Waals surface area contributed by atoms with Gasteiger partial charge in [-0.3, -0.25) is 9.78 Å². The minimum Gasteiger partial charge on any atom is -0.309 e. The van der Waals surface area contributed by atoms with Crippen LogP contribution < -0.4 is 5.43 Å². The molecule has 2 heterocycles. The molecular weight excluding hydrogens is 500 g/mol. The molecule has 0 spiro atoms. The summed E-state index contributed by atoms with van der Waals surface area (Å²) in [5, 5.41) is 4.29. The number of carbonyl (C=O) groups excluding carboxylic acids is 1. The van der Waals surface area contributed by atoms with E-state index < -0.39 is 0 Å². The van der Waals surface area contributed by atoms with Crippen LogP contribution in [0.4, 0.5) is 0 Å². The van der Waals surface area contributed by atoms with Gasteiger partial charge in [-0.15, -0.1) is 0 Å². The number of carbonyl (C=O) groups is 1. The Morgan fingerprint density at radius 1 is 0.857 bits per heavy atom. The number of hydrogen-bond acceptors (Lipinski definition) is 3. The molecular formula is C29H21BrN4O. The number of pyridine rings is 1. The van der Waals surface area contributed by atoms with Crippen LogP contribution in [-0.2, 0) is 0 Å². The van der Waals surface area contributed by atoms with Gasteiger partial charge < -0.3 is 4.57 Å². The first-order chi connectivity index (χ1) is 17.2. The summed E-state index contributed by atoms with van der Waals surface area (Å²) in [6.07, 6.45) is 4.83. The van der Waals surface area contributed by atoms with Gasteiger partial charge in [-0.05, 0) is 53.6 Å². The smallest absolute Gasteiger partial charge is 0.272 e. The van der Waals surface area contributed by atoms with E-state index >= 15 is 0 Å². The molecule has 0 aliphatic rings. The highest BCUT2D eigenvalue weighted by Crippen LogP contribution is 2.35. The van der Waals surface area contributed by atoms with Crippen LogP contribution in [0, 0.1) is 0 Å². The zero-order valence-corrected chi connectivity index (χ0v) is 20.3. The lowest BCUT2D eigenvalue weighted by Gasteiger charge is -2.15. The number of nitrogens with one attached hydrogen (secondary N) is 1. The normalized spacial score (nSPS) is 11.0. The zero-order valence-electron chi connectivity index (χ0n) is 18.7. The van der Waals surface area contributed by atoms with Gasteiger partial charge in [0.05, 0.1) is 23.2 Å². The van der Waals surface area contributed by atoms with Crippen molar-refractivity contribution in [3.05, 3.63) is 131 Å². The quantitative estimate of drug-likeness (QED) is 0.199. The average Bonchev–Trinajstić information content (AvgIpc) is 3.30. The zero-order chi connectivity index (χ0) is 24.0. The number of amides is 1. The maximum atomic E-state index is 12.5. The third-order valence-corrected chi connectivity index (χ3v) is 6.05. The summed E-state index contributed by atoms with van der Waals surface area (Å²) in [6.45, 7) is 0. The average molecular weight is 521 g/mol. The molecule has 1 N–H and O–H groups in total. The van der Waals surface area contributed by atoms with Crippen molar-refractivity contribution in [3.8, 4) is 28.2 Å². The molecule has 6 heteroatoms. The molecule has 0 atom stereocenters. The Bertz CT molecular complexity index is 1460. The van der Waals surface area contributed by atoms with Gasteiger partial charge >= 0.3 is 0 Å². The van der Waals surface area contributed by atoms with Crippen LogP contribution in [0.25, 0.3) is 28.2 Å². The van der Waals surface area contributed by atoms with Crippen molar-refractivity contribution in [2.75, 3.05) is 0 Å². The number of rotatable bonds is 6. The van der Waals surface area contributed by atoms with Gasteiger partial charge in [0.25, 0.3) is 5.91 Å². The van der Waals surface area contributed by atoms with Gasteiger partial charge in [0.1, 0.15) is 0 Å². The summed E-state index contributed by atoms with van der Waals surface area (Å²) >= 11 is 3.54. The van der Waals surface area contributed by atoms with E-state index in [1.807, 2.05) is 48.5 Å². The number of halogens is 1. The first-order valence-corrected chi connectivity index (χ1v) is 11.9. The van der Waals surface area contributed by atoms with E-state index in [2.05, 4.69) is 78.5 Å². The van der Waals surface area contributed by atoms with Crippen LogP contribution >= 0.6 is 15.9 Å². The monoisotopic (exact) mass is 520 g/mol. The Morgan fingerprint density at radius 2 is 1.54 bits per heavy atom. The predicted octanol–water partition coefficient (Wildman–Crippen LogP) is 6.73. The van der Waals surface area contributed by atoms with E-state index in [9.17, 15) is 4.79 Å². The Kier molecular flexibility index (Phi) is 6.63. The van der Waals surface area contributed by atoms with Crippen molar-refractivity contribution in [1.29, 1.82) is 0 Å². The van der Waals surface area contributed by atoms with Crippen LogP contribution in [0.15, 0.2) is 125 Å². The molecule has 5 rings (SSSR count). The highest BCUT2D eigenvalue weighted by molar-refractivity contribution is 9.10. The molecule has 170 valence electrons. The van der Waals surface area contributed by atoms with Gasteiger partial charge in [-0.25, -0.2) is 5.43 Å². The van der Waals surface area contributed by atoms with E-state index in [1.54, 1.807) is 24.5 Å². The summed E-state index contributed by atoms with van der Waals surface area (Å²) < 4.78 is 3.23. The van der Waals surface area contributed by atoms with Gasteiger partial charge in [0.15, 0.2) is 0 Å². The van der Waals surface area contributed by atoms with Crippen LogP contribution in [0.5, 0.6) is 0 Å². The van der Waals surface area contributed by atoms with Crippen LogP contribution in [0.1, 0.15) is 15.9 Å². The Labute approximate surface area is 211 Å². The highest BCUT2D eigenvalue weighted by Gasteiger charge is 2.18. The van der Waals surface area contributed by atoms with Crippen molar-refractivity contribution in [3.63, 3.8) is 0 Å². The van der Waals surface area contributed by atoms with Gasteiger partial charge in [0, 0.05) is 28.1 Å². The molecule has 0 aliphatic heterocycles. The minimum absolute atomic E-state index is 0.314. The SMILES string of the molecule is O=C(N/N=C\c1cc(-c2ccccc2)n(-c2ccc(Br)cc2)c1-c1ccccc1)c1cccnc1. The minimum atomic E-state index is -0.314. The van der Waals surface area contributed by atoms with Crippen molar-refractivity contribution in [2.24, 2.45) is 5.10 Å². The molecule has 0 unspecified atom stereocenters. The number of nitrogens with zero attached hydrogens (tertiary/aromatic N) is 3. The molecule has 5 aromatic rings. The molecule has 0 saturated carbocycles. The first-order valence-electron chi connectivity index (χ1n) is 11.1. The summed E-state index contributed by atoms with van der Waals surface area (Å²) in [4.78, 5) is 16.5. The maximum absolute atomic E-state index is 12.5. The molecule has 0 aliphatic carbocycles. The Balaban J connectivity index is 1.65. The van der Waals surface area contributed by atoms with Crippen molar-refractivity contribution >= 4 is 28.1 Å². The molecule has 0 fully saturated rings. The molecule has 1 amide bonds. The van der Waals surface area contributed by atoms with Gasteiger partial charge in [0.2, 0.25) is 0 Å². The van der Waals surface area contributed by atoms with E-state index in [0.29, 0.717) is 5.56 Å². The molecule has 0 bridgehead atoms. The number of benzene rings is 3. The number of aromatic nitrogens is 2. The van der Waals surface area contributed by atoms with Crippen LogP contribution in [-0.4, -0.2) is 21.7 Å². The third kappa shape index (κ3) is 4.98. The topological polar surface area (TPSA) is 59.3 Å². The fourth-order valence-corrected chi connectivity index (χ4v) is 4.19. The molecule has 3 aromatic carbocycles. The first kappa shape index (κ1) is 22.5. The molecule has 35 heavy (non-hydrogen) atoms. The van der Waals surface area contributed by atoms with Gasteiger partial charge in [-0.2, -0.15) is 5.10 Å². The summed E-state index contributed by atoms with van der Waals surface area (Å²) in [7, 11) is 0. The van der Waals surface area contributed by atoms with Crippen LogP contribution in [0.3, 0.4) is 0 Å². The molecule has 0 radical (unpaired) electrons. The van der Waals surface area contributed by atoms with Crippen molar-refractivity contribution in [1.82, 2.24) is 15.0 Å². The van der Waals surface area contributed by atoms with E-state index in [0.717, 1.165) is 38.2 Å². The second-order valence-corrected chi connectivity index (χ2v) is 8.73. The van der Waals surface area contributed by atoms with Crippen molar-refractivity contribution < 1.29 is 4.79 Å². The molecule has 2 aromatic heterocycles. The van der Waals surface area contributed by atoms with Gasteiger partial charge in [-0.1, -0.05) is 76.6 Å². The van der Waals surface area contributed by atoms with Crippen LogP contribution in [0.2, 0.25) is 0 Å². The largest absolute Gasteiger partial charge is 0.309 e. The van der Waals surface area contributed by atoms with Crippen molar-refractivity contribution in [2.45, 2.75) is 0 Å². The molecule has 5 nitrogen and oxygen atoms in total. The second-order valence-electron chi connectivity index (χ2n) is 7.82. The highest BCUT2D eigenvalue weighted by atomic mass is 79.9. The maximum Gasteiger partial charge on any atom is 0.272 e. The lowest BCUT2D eigenvalue weighted by Crippen LogP contribution is -2.17. The van der Waals surface area contributed by atoms with E-state index in [-0.39, 0.29) is 5.91 Å². The number of hydrogen-bond donors (Lipinski definition) is 1. The third-order valence-electron chi connectivity index (χ3n) is 5.53. The fraction of sp³-hybridized carbons (Fsp3) is 0. The second kappa shape index (κ2) is 10.3. The lowest BCUT2D eigenvalue weighted by molar-refractivity contribution is 0.0955. The van der Waals surface area contributed by atoms with E-state index in [4.69, 9.17) is 0 Å². The molecule has 0 saturated heterocycles.